The molecule has 0 saturated heterocycles. The largest absolute Gasteiger partial charge is 0.331 e. The van der Waals surface area contributed by atoms with Crippen LogP contribution in [-0.2, 0) is 0 Å². The van der Waals surface area contributed by atoms with Crippen LogP contribution in [0.3, 0.4) is 0 Å². The number of hydrogen-bond donors (Lipinski definition) is 1. The van der Waals surface area contributed by atoms with E-state index in [0.717, 1.165) is 5.69 Å². The van der Waals surface area contributed by atoms with Crippen LogP contribution < -0.4 is 5.32 Å². The van der Waals surface area contributed by atoms with E-state index in [-0.39, 0.29) is 12.1 Å². The Morgan fingerprint density at radius 1 is 1.69 bits per heavy atom. The Balaban J connectivity index is 2.51. The van der Waals surface area contributed by atoms with Crippen molar-refractivity contribution < 1.29 is 4.79 Å². The third-order valence-corrected chi connectivity index (χ3v) is 2.09. The Labute approximate surface area is 80.9 Å². The lowest BCUT2D eigenvalue weighted by atomic mass is 10.3. The van der Waals surface area contributed by atoms with E-state index in [1.54, 1.807) is 14.1 Å². The molecular weight excluding hydrogens is 188 g/mol. The second kappa shape index (κ2) is 4.18. The lowest BCUT2D eigenvalue weighted by Gasteiger charge is -2.15. The van der Waals surface area contributed by atoms with Gasteiger partial charge >= 0.3 is 6.03 Å². The molecule has 1 unspecified atom stereocenters. The van der Waals surface area contributed by atoms with Crippen LogP contribution in [0.4, 0.5) is 4.79 Å². The van der Waals surface area contributed by atoms with Crippen LogP contribution in [0.15, 0.2) is 5.38 Å². The highest BCUT2D eigenvalue weighted by atomic mass is 32.1. The van der Waals surface area contributed by atoms with Crippen molar-refractivity contribution in [2.45, 2.75) is 13.0 Å². The summed E-state index contributed by atoms with van der Waals surface area (Å²) < 4.78 is 3.72. The maximum Gasteiger partial charge on any atom is 0.317 e. The van der Waals surface area contributed by atoms with Gasteiger partial charge in [-0.25, -0.2) is 4.79 Å². The third-order valence-electron chi connectivity index (χ3n) is 1.57. The van der Waals surface area contributed by atoms with Crippen LogP contribution in [0.1, 0.15) is 18.7 Å². The summed E-state index contributed by atoms with van der Waals surface area (Å²) in [5, 5.41) is 8.46. The average molecular weight is 200 g/mol. The molecule has 0 bridgehead atoms. The minimum atomic E-state index is -0.125. The predicted octanol–water partition coefficient (Wildman–Crippen LogP) is 0.870. The molecule has 0 aliphatic rings. The zero-order valence-corrected chi connectivity index (χ0v) is 8.63. The fourth-order valence-electron chi connectivity index (χ4n) is 0.749. The SMILES string of the molecule is CC(NC(=O)N(C)C)c1csnn1. The van der Waals surface area contributed by atoms with Crippen molar-refractivity contribution in [1.82, 2.24) is 19.8 Å². The maximum absolute atomic E-state index is 11.2. The minimum Gasteiger partial charge on any atom is -0.331 e. The zero-order valence-electron chi connectivity index (χ0n) is 7.81. The number of hydrogen-bond acceptors (Lipinski definition) is 4. The molecule has 72 valence electrons. The molecule has 1 heterocycles. The second-order valence-corrected chi connectivity index (χ2v) is 3.51. The smallest absolute Gasteiger partial charge is 0.317 e. The van der Waals surface area contributed by atoms with Gasteiger partial charge in [-0.05, 0) is 18.5 Å². The van der Waals surface area contributed by atoms with Gasteiger partial charge in [0.05, 0.1) is 11.7 Å². The van der Waals surface area contributed by atoms with Gasteiger partial charge in [0.1, 0.15) is 0 Å². The molecule has 0 aliphatic heterocycles. The van der Waals surface area contributed by atoms with Gasteiger partial charge in [-0.2, -0.15) is 0 Å². The number of urea groups is 1. The van der Waals surface area contributed by atoms with Gasteiger partial charge in [-0.15, -0.1) is 5.10 Å². The molecule has 0 aromatic carbocycles. The Kier molecular flexibility index (Phi) is 3.18. The van der Waals surface area contributed by atoms with Crippen molar-refractivity contribution in [2.75, 3.05) is 14.1 Å². The van der Waals surface area contributed by atoms with E-state index >= 15 is 0 Å². The minimum absolute atomic E-state index is 0.0892. The lowest BCUT2D eigenvalue weighted by molar-refractivity contribution is 0.214. The van der Waals surface area contributed by atoms with Gasteiger partial charge in [0.2, 0.25) is 0 Å². The molecule has 1 aromatic heterocycles. The molecule has 0 radical (unpaired) electrons. The monoisotopic (exact) mass is 200 g/mol. The number of carbonyl (C=O) groups excluding carboxylic acids is 1. The van der Waals surface area contributed by atoms with Gasteiger partial charge in [-0.3, -0.25) is 0 Å². The van der Waals surface area contributed by atoms with Crippen LogP contribution in [0, 0.1) is 0 Å². The van der Waals surface area contributed by atoms with Crippen LogP contribution in [0.25, 0.3) is 0 Å². The Morgan fingerprint density at radius 2 is 2.38 bits per heavy atom. The van der Waals surface area contributed by atoms with Crippen LogP contribution in [0.5, 0.6) is 0 Å². The number of amides is 2. The lowest BCUT2D eigenvalue weighted by Crippen LogP contribution is -2.36. The zero-order chi connectivity index (χ0) is 9.84. The molecule has 0 saturated carbocycles. The standard InChI is InChI=1S/C7H12N4OS/c1-5(6-4-13-10-9-6)8-7(12)11(2)3/h4-5H,1-3H3,(H,8,12). The molecule has 6 heteroatoms. The number of nitrogens with zero attached hydrogens (tertiary/aromatic N) is 3. The van der Waals surface area contributed by atoms with Crippen molar-refractivity contribution >= 4 is 17.6 Å². The molecule has 0 aliphatic carbocycles. The number of rotatable bonds is 2. The molecule has 2 amide bonds. The summed E-state index contributed by atoms with van der Waals surface area (Å²) in [4.78, 5) is 12.7. The third kappa shape index (κ3) is 2.66. The van der Waals surface area contributed by atoms with E-state index in [1.165, 1.54) is 16.4 Å². The summed E-state index contributed by atoms with van der Waals surface area (Å²) in [6.45, 7) is 1.87. The van der Waals surface area contributed by atoms with Crippen molar-refractivity contribution in [3.05, 3.63) is 11.1 Å². The van der Waals surface area contributed by atoms with Gasteiger partial charge in [-0.1, -0.05) is 4.49 Å². The Bertz CT molecular complexity index is 272. The first-order chi connectivity index (χ1) is 6.11. The van der Waals surface area contributed by atoms with Crippen molar-refractivity contribution in [1.29, 1.82) is 0 Å². The van der Waals surface area contributed by atoms with Gasteiger partial charge in [0.25, 0.3) is 0 Å². The first-order valence-corrected chi connectivity index (χ1v) is 4.69. The molecule has 5 nitrogen and oxygen atoms in total. The molecule has 1 aromatic rings. The molecule has 13 heavy (non-hydrogen) atoms. The first-order valence-electron chi connectivity index (χ1n) is 3.86. The predicted molar refractivity (Wildman–Crippen MR) is 50.5 cm³/mol. The summed E-state index contributed by atoms with van der Waals surface area (Å²) in [6.07, 6.45) is 0. The summed E-state index contributed by atoms with van der Waals surface area (Å²) in [6, 6.07) is -0.214. The first kappa shape index (κ1) is 9.91. The van der Waals surface area contributed by atoms with E-state index in [9.17, 15) is 4.79 Å². The van der Waals surface area contributed by atoms with E-state index in [1.807, 2.05) is 12.3 Å². The van der Waals surface area contributed by atoms with E-state index in [4.69, 9.17) is 0 Å². The van der Waals surface area contributed by atoms with E-state index in [2.05, 4.69) is 14.9 Å². The summed E-state index contributed by atoms with van der Waals surface area (Å²) >= 11 is 1.28. The van der Waals surface area contributed by atoms with Gasteiger partial charge in [0, 0.05) is 19.5 Å². The molecule has 0 fully saturated rings. The molecule has 1 N–H and O–H groups in total. The Hall–Kier alpha value is -1.17. The summed E-state index contributed by atoms with van der Waals surface area (Å²) in [7, 11) is 3.39. The maximum atomic E-state index is 11.2. The van der Waals surface area contributed by atoms with E-state index in [0.29, 0.717) is 0 Å². The van der Waals surface area contributed by atoms with Crippen LogP contribution in [-0.4, -0.2) is 34.6 Å². The summed E-state index contributed by atoms with van der Waals surface area (Å²) in [5.41, 5.74) is 0.792. The van der Waals surface area contributed by atoms with Crippen LogP contribution >= 0.6 is 11.5 Å². The fourth-order valence-corrected chi connectivity index (χ4v) is 1.30. The molecular formula is C7H12N4OS. The topological polar surface area (TPSA) is 58.1 Å². The highest BCUT2D eigenvalue weighted by Gasteiger charge is 2.12. The van der Waals surface area contributed by atoms with Gasteiger partial charge in [0.15, 0.2) is 0 Å². The second-order valence-electron chi connectivity index (χ2n) is 2.90. The number of carbonyl (C=O) groups is 1. The van der Waals surface area contributed by atoms with Crippen molar-refractivity contribution in [3.63, 3.8) is 0 Å². The normalized spacial score (nSPS) is 12.2. The number of nitrogens with one attached hydrogen (secondary N) is 1. The Morgan fingerprint density at radius 3 is 2.85 bits per heavy atom. The quantitative estimate of drug-likeness (QED) is 0.770. The summed E-state index contributed by atoms with van der Waals surface area (Å²) in [5.74, 6) is 0. The van der Waals surface area contributed by atoms with Crippen LogP contribution in [0.2, 0.25) is 0 Å². The molecule has 1 atom stereocenters. The number of aromatic nitrogens is 2. The fraction of sp³-hybridized carbons (Fsp3) is 0.571. The molecule has 1 rings (SSSR count). The average Bonchev–Trinajstić information content (AvgIpc) is 2.55. The van der Waals surface area contributed by atoms with Crippen molar-refractivity contribution in [3.8, 4) is 0 Å². The highest BCUT2D eigenvalue weighted by molar-refractivity contribution is 7.03. The van der Waals surface area contributed by atoms with Crippen molar-refractivity contribution in [2.24, 2.45) is 0 Å². The highest BCUT2D eigenvalue weighted by Crippen LogP contribution is 2.09. The van der Waals surface area contributed by atoms with E-state index < -0.39 is 0 Å². The van der Waals surface area contributed by atoms with Gasteiger partial charge < -0.3 is 10.2 Å². The molecule has 0 spiro atoms.